The Morgan fingerprint density at radius 2 is 1.92 bits per heavy atom. The normalized spacial score (nSPS) is 16.5. The van der Waals surface area contributed by atoms with Crippen molar-refractivity contribution in [3.8, 4) is 11.5 Å². The number of sulfonamides is 1. The Hall–Kier alpha value is -3.08. The topological polar surface area (TPSA) is 110 Å². The van der Waals surface area contributed by atoms with Gasteiger partial charge in [-0.3, -0.25) is 9.78 Å². The molecule has 1 fully saturated rings. The minimum atomic E-state index is -3.78. The molecule has 0 unspecified atom stereocenters. The second-order valence-corrected chi connectivity index (χ2v) is 10.8. The van der Waals surface area contributed by atoms with Crippen LogP contribution in [0.5, 0.6) is 11.5 Å². The molecule has 9 nitrogen and oxygen atoms in total. The molecule has 1 aliphatic heterocycles. The van der Waals surface area contributed by atoms with E-state index in [1.165, 1.54) is 30.7 Å². The van der Waals surface area contributed by atoms with Crippen molar-refractivity contribution in [1.82, 2.24) is 14.6 Å². The number of piperidine rings is 1. The predicted octanol–water partition coefficient (Wildman–Crippen LogP) is 3.53. The molecule has 11 heteroatoms. The van der Waals surface area contributed by atoms with Crippen molar-refractivity contribution in [2.45, 2.75) is 17.7 Å². The quantitative estimate of drug-likeness (QED) is 0.406. The van der Waals surface area contributed by atoms with Crippen molar-refractivity contribution in [2.24, 2.45) is 5.92 Å². The molecule has 1 saturated heterocycles. The smallest absolute Gasteiger partial charge is 0.243 e. The van der Waals surface area contributed by atoms with Crippen molar-refractivity contribution in [2.75, 3.05) is 45.7 Å². The summed E-state index contributed by atoms with van der Waals surface area (Å²) in [6.07, 6.45) is 2.94. The van der Waals surface area contributed by atoms with Crippen LogP contribution in [0, 0.1) is 5.92 Å². The standard InChI is InChI=1S/C25H29ClN4O5S/c1-34-23-8-6-19(15-24(23)35-2)36(32,33)30-13-3-4-17(16-30)25(31)29-12-11-28-21-9-10-27-22-14-18(26)5-7-20(21)22/h5-10,14-15,17H,3-4,11-13,16H2,1-2H3,(H,27,28)(H,29,31)/t17-/m0/s1. The molecular formula is C25H29ClN4O5S. The molecule has 1 atom stereocenters. The number of rotatable bonds is 9. The molecule has 192 valence electrons. The molecule has 2 heterocycles. The van der Waals surface area contributed by atoms with Crippen LogP contribution in [0.1, 0.15) is 12.8 Å². The van der Waals surface area contributed by atoms with Crippen molar-refractivity contribution < 1.29 is 22.7 Å². The number of aromatic nitrogens is 1. The van der Waals surface area contributed by atoms with Gasteiger partial charge in [-0.1, -0.05) is 11.6 Å². The van der Waals surface area contributed by atoms with Gasteiger partial charge in [0.05, 0.1) is 30.5 Å². The Balaban J connectivity index is 1.34. The number of fused-ring (bicyclic) bond motifs is 1. The molecule has 0 aliphatic carbocycles. The van der Waals surface area contributed by atoms with Crippen LogP contribution in [0.2, 0.25) is 5.02 Å². The van der Waals surface area contributed by atoms with Crippen molar-refractivity contribution in [1.29, 1.82) is 0 Å². The van der Waals surface area contributed by atoms with Crippen LogP contribution in [0.4, 0.5) is 5.69 Å². The van der Waals surface area contributed by atoms with Gasteiger partial charge in [-0.2, -0.15) is 4.31 Å². The van der Waals surface area contributed by atoms with Gasteiger partial charge >= 0.3 is 0 Å². The van der Waals surface area contributed by atoms with Crippen molar-refractivity contribution in [3.05, 3.63) is 53.7 Å². The van der Waals surface area contributed by atoms with E-state index in [0.29, 0.717) is 49.0 Å². The maximum atomic E-state index is 13.2. The lowest BCUT2D eigenvalue weighted by atomic mass is 9.99. The van der Waals surface area contributed by atoms with E-state index in [2.05, 4.69) is 15.6 Å². The summed E-state index contributed by atoms with van der Waals surface area (Å²) in [5.41, 5.74) is 1.69. The molecule has 0 spiro atoms. The fourth-order valence-corrected chi connectivity index (χ4v) is 6.01. The molecule has 0 saturated carbocycles. The zero-order valence-corrected chi connectivity index (χ0v) is 21.7. The molecule has 1 aliphatic rings. The first-order valence-corrected chi connectivity index (χ1v) is 13.4. The number of hydrogen-bond acceptors (Lipinski definition) is 7. The average molecular weight is 533 g/mol. The third-order valence-electron chi connectivity index (χ3n) is 6.19. The van der Waals surface area contributed by atoms with Crippen LogP contribution < -0.4 is 20.1 Å². The molecular weight excluding hydrogens is 504 g/mol. The van der Waals surface area contributed by atoms with Gasteiger partial charge in [-0.15, -0.1) is 0 Å². The fraction of sp³-hybridized carbons (Fsp3) is 0.360. The lowest BCUT2D eigenvalue weighted by molar-refractivity contribution is -0.125. The van der Waals surface area contributed by atoms with E-state index in [0.717, 1.165) is 16.6 Å². The maximum absolute atomic E-state index is 13.2. The number of carbonyl (C=O) groups is 1. The predicted molar refractivity (Wildman–Crippen MR) is 139 cm³/mol. The Morgan fingerprint density at radius 1 is 1.11 bits per heavy atom. The maximum Gasteiger partial charge on any atom is 0.243 e. The Bertz CT molecular complexity index is 1350. The van der Waals surface area contributed by atoms with Crippen LogP contribution in [0.3, 0.4) is 0 Å². The molecule has 4 rings (SSSR count). The van der Waals surface area contributed by atoms with E-state index in [9.17, 15) is 13.2 Å². The molecule has 0 bridgehead atoms. The van der Waals surface area contributed by atoms with E-state index in [4.69, 9.17) is 21.1 Å². The summed E-state index contributed by atoms with van der Waals surface area (Å²) < 4.78 is 38.3. The molecule has 36 heavy (non-hydrogen) atoms. The van der Waals surface area contributed by atoms with E-state index < -0.39 is 15.9 Å². The summed E-state index contributed by atoms with van der Waals surface area (Å²) in [7, 11) is -0.835. The fourth-order valence-electron chi connectivity index (χ4n) is 4.30. The summed E-state index contributed by atoms with van der Waals surface area (Å²) in [4.78, 5) is 17.3. The van der Waals surface area contributed by atoms with Gasteiger partial charge in [0.2, 0.25) is 15.9 Å². The van der Waals surface area contributed by atoms with Gasteiger partial charge in [-0.25, -0.2) is 8.42 Å². The lowest BCUT2D eigenvalue weighted by Gasteiger charge is -2.31. The molecule has 2 aromatic carbocycles. The van der Waals surface area contributed by atoms with E-state index >= 15 is 0 Å². The number of carbonyl (C=O) groups excluding carboxylic acids is 1. The SMILES string of the molecule is COc1ccc(S(=O)(=O)N2CCC[C@H](C(=O)NCCNc3ccnc4cc(Cl)ccc34)C2)cc1OC. The molecule has 1 amide bonds. The number of anilines is 1. The summed E-state index contributed by atoms with van der Waals surface area (Å²) in [5, 5.41) is 7.80. The van der Waals surface area contributed by atoms with Crippen LogP contribution in [0.15, 0.2) is 53.6 Å². The highest BCUT2D eigenvalue weighted by Gasteiger charge is 2.33. The number of methoxy groups -OCH3 is 2. The largest absolute Gasteiger partial charge is 0.493 e. The van der Waals surface area contributed by atoms with Gasteiger partial charge in [-0.05, 0) is 49.2 Å². The highest BCUT2D eigenvalue weighted by molar-refractivity contribution is 7.89. The van der Waals surface area contributed by atoms with Gasteiger partial charge in [0, 0.05) is 54.5 Å². The van der Waals surface area contributed by atoms with Gasteiger partial charge in [0.25, 0.3) is 0 Å². The summed E-state index contributed by atoms with van der Waals surface area (Å²) in [5.74, 6) is 0.208. The zero-order chi connectivity index (χ0) is 25.7. The number of halogens is 1. The number of pyridine rings is 1. The van der Waals surface area contributed by atoms with E-state index in [1.54, 1.807) is 18.3 Å². The molecule has 3 aromatic rings. The van der Waals surface area contributed by atoms with E-state index in [1.807, 2.05) is 18.2 Å². The lowest BCUT2D eigenvalue weighted by Crippen LogP contribution is -2.46. The second-order valence-electron chi connectivity index (χ2n) is 8.46. The number of nitrogens with zero attached hydrogens (tertiary/aromatic N) is 2. The minimum absolute atomic E-state index is 0.108. The van der Waals surface area contributed by atoms with Crippen molar-refractivity contribution >= 4 is 44.1 Å². The monoisotopic (exact) mass is 532 g/mol. The number of hydrogen-bond donors (Lipinski definition) is 2. The van der Waals surface area contributed by atoms with Gasteiger partial charge in [0.1, 0.15) is 0 Å². The summed E-state index contributed by atoms with van der Waals surface area (Å²) >= 11 is 6.05. The van der Waals surface area contributed by atoms with E-state index in [-0.39, 0.29) is 17.3 Å². The summed E-state index contributed by atoms with van der Waals surface area (Å²) in [6.45, 7) is 1.40. The highest BCUT2D eigenvalue weighted by atomic mass is 35.5. The third kappa shape index (κ3) is 5.66. The third-order valence-corrected chi connectivity index (χ3v) is 8.29. The minimum Gasteiger partial charge on any atom is -0.493 e. The number of amides is 1. The Labute approximate surface area is 215 Å². The highest BCUT2D eigenvalue weighted by Crippen LogP contribution is 2.32. The molecule has 2 N–H and O–H groups in total. The number of benzene rings is 2. The number of nitrogens with one attached hydrogen (secondary N) is 2. The van der Waals surface area contributed by atoms with Crippen molar-refractivity contribution in [3.63, 3.8) is 0 Å². The van der Waals surface area contributed by atoms with Crippen LogP contribution in [0.25, 0.3) is 10.9 Å². The summed E-state index contributed by atoms with van der Waals surface area (Å²) in [6, 6.07) is 11.9. The van der Waals surface area contributed by atoms with Crippen LogP contribution >= 0.6 is 11.6 Å². The van der Waals surface area contributed by atoms with Crippen LogP contribution in [-0.2, 0) is 14.8 Å². The first kappa shape index (κ1) is 26.0. The zero-order valence-electron chi connectivity index (χ0n) is 20.2. The average Bonchev–Trinajstić information content (AvgIpc) is 2.90. The first-order valence-electron chi connectivity index (χ1n) is 11.6. The first-order chi connectivity index (χ1) is 17.3. The molecule has 1 aromatic heterocycles. The second kappa shape index (κ2) is 11.3. The number of ether oxygens (including phenoxy) is 2. The van der Waals surface area contributed by atoms with Gasteiger partial charge < -0.3 is 20.1 Å². The Kier molecular flexibility index (Phi) is 8.17. The molecule has 0 radical (unpaired) electrons. The van der Waals surface area contributed by atoms with Gasteiger partial charge in [0.15, 0.2) is 11.5 Å². The Morgan fingerprint density at radius 3 is 2.69 bits per heavy atom. The van der Waals surface area contributed by atoms with Crippen LogP contribution in [-0.4, -0.2) is 64.0 Å².